The van der Waals surface area contributed by atoms with E-state index in [2.05, 4.69) is 4.99 Å². The molecule has 0 bridgehead atoms. The Morgan fingerprint density at radius 1 is 1.02 bits per heavy atom. The van der Waals surface area contributed by atoms with Crippen LogP contribution in [0.25, 0.3) is 23.0 Å². The number of fused-ring (bicyclic) bond motifs is 1. The highest BCUT2D eigenvalue weighted by atomic mass is 32.1. The molecule has 4 heterocycles. The molecule has 0 spiro atoms. The summed E-state index contributed by atoms with van der Waals surface area (Å²) in [5, 5.41) is 6.84. The second-order valence-corrected chi connectivity index (χ2v) is 11.5. The molecule has 1 unspecified atom stereocenters. The van der Waals surface area contributed by atoms with Gasteiger partial charge in [-0.15, -0.1) is 11.3 Å². The summed E-state index contributed by atoms with van der Waals surface area (Å²) >= 11 is 2.79. The van der Waals surface area contributed by atoms with Gasteiger partial charge >= 0.3 is 5.97 Å². The summed E-state index contributed by atoms with van der Waals surface area (Å²) in [5.74, 6) is 0.313. The van der Waals surface area contributed by atoms with Gasteiger partial charge in [-0.05, 0) is 74.7 Å². The number of benzene rings is 2. The molecule has 0 amide bonds. The van der Waals surface area contributed by atoms with Gasteiger partial charge in [0.25, 0.3) is 5.56 Å². The molecule has 42 heavy (non-hydrogen) atoms. The zero-order chi connectivity index (χ0) is 29.2. The first-order valence-corrected chi connectivity index (χ1v) is 15.3. The maximum Gasteiger partial charge on any atom is 0.338 e. The Bertz CT molecular complexity index is 1950. The summed E-state index contributed by atoms with van der Waals surface area (Å²) in [6, 6.07) is 20.8. The van der Waals surface area contributed by atoms with E-state index in [1.54, 1.807) is 18.4 Å². The molecule has 1 aliphatic rings. The fraction of sp³-hybridized carbons (Fsp3) is 0.188. The van der Waals surface area contributed by atoms with E-state index in [0.29, 0.717) is 27.2 Å². The third-order valence-corrected chi connectivity index (χ3v) is 8.73. The molecule has 6 rings (SSSR count). The predicted molar refractivity (Wildman–Crippen MR) is 165 cm³/mol. The summed E-state index contributed by atoms with van der Waals surface area (Å²) in [7, 11) is 0. The lowest BCUT2D eigenvalue weighted by Crippen LogP contribution is -2.39. The van der Waals surface area contributed by atoms with Crippen LogP contribution in [0, 0.1) is 0 Å². The number of nitrogens with zero attached hydrogens (tertiary/aromatic N) is 4. The molecule has 212 valence electrons. The summed E-state index contributed by atoms with van der Waals surface area (Å²) in [6.07, 6.45) is 3.78. The maximum atomic E-state index is 14.1. The maximum absolute atomic E-state index is 14.1. The number of aromatic nitrogens is 3. The van der Waals surface area contributed by atoms with E-state index >= 15 is 0 Å². The zero-order valence-electron chi connectivity index (χ0n) is 23.3. The lowest BCUT2D eigenvalue weighted by molar-refractivity contribution is -0.139. The summed E-state index contributed by atoms with van der Waals surface area (Å²) in [5.41, 5.74) is 4.00. The second kappa shape index (κ2) is 11.8. The molecule has 8 nitrogen and oxygen atoms in total. The Hall–Kier alpha value is -4.54. The van der Waals surface area contributed by atoms with Crippen LogP contribution in [0.3, 0.4) is 0 Å². The number of esters is 1. The second-order valence-electron chi connectivity index (χ2n) is 9.49. The van der Waals surface area contributed by atoms with E-state index in [0.717, 1.165) is 33.1 Å². The number of carbonyl (C=O) groups excluding carboxylic acids is 1. The van der Waals surface area contributed by atoms with Gasteiger partial charge in [-0.25, -0.2) is 14.5 Å². The molecule has 1 atom stereocenters. The van der Waals surface area contributed by atoms with Gasteiger partial charge < -0.3 is 9.47 Å². The lowest BCUT2D eigenvalue weighted by atomic mass is 10.0. The fourth-order valence-electron chi connectivity index (χ4n) is 4.95. The number of allylic oxidation sites excluding steroid dienone is 1. The summed E-state index contributed by atoms with van der Waals surface area (Å²) in [6.45, 7) is 6.32. The highest BCUT2D eigenvalue weighted by molar-refractivity contribution is 7.10. The third kappa shape index (κ3) is 5.15. The highest BCUT2D eigenvalue weighted by Gasteiger charge is 2.34. The summed E-state index contributed by atoms with van der Waals surface area (Å²) in [4.78, 5) is 33.2. The molecule has 0 aliphatic carbocycles. The Labute approximate surface area is 250 Å². The number of thiazole rings is 1. The number of ether oxygens (including phenoxy) is 2. The Morgan fingerprint density at radius 3 is 2.50 bits per heavy atom. The van der Waals surface area contributed by atoms with Gasteiger partial charge in [-0.1, -0.05) is 35.6 Å². The van der Waals surface area contributed by atoms with Crippen molar-refractivity contribution < 1.29 is 14.3 Å². The van der Waals surface area contributed by atoms with E-state index in [1.807, 2.05) is 96.0 Å². The first-order valence-electron chi connectivity index (χ1n) is 13.6. The Morgan fingerprint density at radius 2 is 1.81 bits per heavy atom. The van der Waals surface area contributed by atoms with Gasteiger partial charge in [0.05, 0.1) is 34.7 Å². The van der Waals surface area contributed by atoms with Crippen molar-refractivity contribution in [3.8, 4) is 22.7 Å². The van der Waals surface area contributed by atoms with E-state index in [1.165, 1.54) is 22.7 Å². The van der Waals surface area contributed by atoms with Gasteiger partial charge in [0.1, 0.15) is 17.5 Å². The third-order valence-electron chi connectivity index (χ3n) is 6.82. The van der Waals surface area contributed by atoms with Crippen LogP contribution in [0.4, 0.5) is 0 Å². The monoisotopic (exact) mass is 596 g/mol. The number of hydrogen-bond donors (Lipinski definition) is 0. The minimum Gasteiger partial charge on any atom is -0.494 e. The largest absolute Gasteiger partial charge is 0.494 e. The average Bonchev–Trinajstić information content (AvgIpc) is 3.74. The molecule has 3 aromatic heterocycles. The highest BCUT2D eigenvalue weighted by Crippen LogP contribution is 2.33. The first-order chi connectivity index (χ1) is 20.5. The molecule has 0 saturated heterocycles. The van der Waals surface area contributed by atoms with Crippen LogP contribution in [-0.4, -0.2) is 33.5 Å². The molecule has 0 fully saturated rings. The van der Waals surface area contributed by atoms with Gasteiger partial charge in [0, 0.05) is 22.2 Å². The molecule has 0 N–H and O–H groups in total. The van der Waals surface area contributed by atoms with Crippen molar-refractivity contribution in [2.45, 2.75) is 26.8 Å². The molecular formula is C32H28N4O4S2. The Balaban J connectivity index is 1.52. The van der Waals surface area contributed by atoms with E-state index in [-0.39, 0.29) is 12.2 Å². The number of hydrogen-bond acceptors (Lipinski definition) is 8. The normalized spacial score (nSPS) is 14.9. The molecule has 0 saturated carbocycles. The van der Waals surface area contributed by atoms with Crippen LogP contribution in [0.15, 0.2) is 99.4 Å². The quantitative estimate of drug-likeness (QED) is 0.232. The molecule has 2 aromatic carbocycles. The minimum atomic E-state index is -0.611. The number of thiophene rings is 1. The molecular weight excluding hydrogens is 569 g/mol. The number of para-hydroxylation sites is 1. The van der Waals surface area contributed by atoms with Crippen molar-refractivity contribution >= 4 is 34.7 Å². The molecule has 0 radical (unpaired) electrons. The van der Waals surface area contributed by atoms with Crippen molar-refractivity contribution in [3.05, 3.63) is 120 Å². The van der Waals surface area contributed by atoms with Gasteiger partial charge in [0.2, 0.25) is 0 Å². The van der Waals surface area contributed by atoms with Crippen LogP contribution in [-0.2, 0) is 9.53 Å². The number of carbonyl (C=O) groups is 1. The topological polar surface area (TPSA) is 87.7 Å². The van der Waals surface area contributed by atoms with Crippen LogP contribution in [0.2, 0.25) is 0 Å². The smallest absolute Gasteiger partial charge is 0.338 e. The van der Waals surface area contributed by atoms with Crippen molar-refractivity contribution in [1.29, 1.82) is 0 Å². The summed E-state index contributed by atoms with van der Waals surface area (Å²) < 4.78 is 14.9. The van der Waals surface area contributed by atoms with Crippen LogP contribution in [0.1, 0.15) is 37.3 Å². The van der Waals surface area contributed by atoms with Crippen molar-refractivity contribution in [2.24, 2.45) is 4.99 Å². The first kappa shape index (κ1) is 27.6. The van der Waals surface area contributed by atoms with Gasteiger partial charge in [-0.3, -0.25) is 9.36 Å². The minimum absolute atomic E-state index is 0.225. The van der Waals surface area contributed by atoms with E-state index in [9.17, 15) is 9.59 Å². The van der Waals surface area contributed by atoms with E-state index in [4.69, 9.17) is 14.6 Å². The van der Waals surface area contributed by atoms with Crippen molar-refractivity contribution in [1.82, 2.24) is 14.3 Å². The predicted octanol–water partition coefficient (Wildman–Crippen LogP) is 5.11. The van der Waals surface area contributed by atoms with Gasteiger partial charge in [0.15, 0.2) is 4.80 Å². The van der Waals surface area contributed by atoms with Crippen LogP contribution < -0.4 is 19.6 Å². The van der Waals surface area contributed by atoms with Crippen molar-refractivity contribution in [2.75, 3.05) is 13.2 Å². The molecule has 5 aromatic rings. The van der Waals surface area contributed by atoms with Crippen LogP contribution >= 0.6 is 22.7 Å². The van der Waals surface area contributed by atoms with Gasteiger partial charge in [-0.2, -0.15) is 5.10 Å². The SMILES string of the molecule is CCOC(=O)C1=C(C)N=c2s/c(=C\c3cn(-c4ccccc4)nc3-c3ccc(OCC)cc3)c(=O)n2C1c1cccs1. The Kier molecular flexibility index (Phi) is 7.73. The number of rotatable bonds is 8. The van der Waals surface area contributed by atoms with Crippen LogP contribution in [0.5, 0.6) is 5.75 Å². The van der Waals surface area contributed by atoms with Crippen molar-refractivity contribution in [3.63, 3.8) is 0 Å². The standard InChI is InChI=1S/C32H28N4O4S2/c1-4-39-24-15-13-21(14-16-24)28-22(19-35(34-28)23-10-7-6-8-11-23)18-26-30(37)36-29(25-12-9-17-41-25)27(31(38)40-5-2)20(3)33-32(36)42-26/h6-19,29H,4-5H2,1-3H3/b26-18-. The average molecular weight is 597 g/mol. The fourth-order valence-corrected chi connectivity index (χ4v) is 6.82. The molecule has 1 aliphatic heterocycles. The zero-order valence-corrected chi connectivity index (χ0v) is 24.9. The lowest BCUT2D eigenvalue weighted by Gasteiger charge is -2.23. The molecule has 10 heteroatoms. The van der Waals surface area contributed by atoms with E-state index < -0.39 is 12.0 Å².